The topological polar surface area (TPSA) is 40.1 Å². The molecule has 7 heavy (non-hydrogen) atoms. The van der Waals surface area contributed by atoms with Gasteiger partial charge in [0, 0.05) is 5.97 Å². The Morgan fingerprint density at radius 2 is 1.43 bits per heavy atom. The molecule has 32 valence electrons. The molecule has 0 aliphatic rings. The van der Waals surface area contributed by atoms with E-state index in [0.29, 0.717) is 0 Å². The summed E-state index contributed by atoms with van der Waals surface area (Å²) in [5.41, 5.74) is 0. The van der Waals surface area contributed by atoms with Crippen molar-refractivity contribution in [1.82, 2.24) is 0 Å². The monoisotopic (exact) mass is 184 g/mol. The Labute approximate surface area is 97.4 Å². The summed E-state index contributed by atoms with van der Waals surface area (Å²) in [5, 5.41) is 8.89. The average Bonchev–Trinajstić information content (AvgIpc) is 0.811. The molecule has 0 aliphatic carbocycles. The minimum Gasteiger partial charge on any atom is -1.00 e. The molecule has 0 rings (SSSR count). The van der Waals surface area contributed by atoms with Crippen molar-refractivity contribution in [2.24, 2.45) is 0 Å². The molecule has 5 heteroatoms. The van der Waals surface area contributed by atoms with Gasteiger partial charge in [0.2, 0.25) is 0 Å². The summed E-state index contributed by atoms with van der Waals surface area (Å²) in [6, 6.07) is 0. The number of carboxylic acids is 1. The largest absolute Gasteiger partial charge is 1.00 e. The van der Waals surface area contributed by atoms with E-state index < -0.39 is 5.97 Å². The third kappa shape index (κ3) is 74.0. The maximum Gasteiger partial charge on any atom is 1.00 e. The van der Waals surface area contributed by atoms with Crippen LogP contribution in [-0.2, 0) is 4.79 Å². The van der Waals surface area contributed by atoms with E-state index >= 15 is 0 Å². The Balaban J connectivity index is -0.0000000150. The van der Waals surface area contributed by atoms with Gasteiger partial charge in [-0.25, -0.2) is 0 Å². The van der Waals surface area contributed by atoms with E-state index in [0.717, 1.165) is 6.92 Å². The van der Waals surface area contributed by atoms with E-state index in [-0.39, 0.29) is 76.1 Å². The molecule has 0 amide bonds. The Kier molecular flexibility index (Phi) is 51.7. The molecule has 0 aliphatic heterocycles. The molecular weight excluding hydrogens is 182 g/mol. The third-order valence-corrected chi connectivity index (χ3v) is 0. The van der Waals surface area contributed by atoms with Gasteiger partial charge in [0.1, 0.15) is 0 Å². The van der Waals surface area contributed by atoms with Crippen LogP contribution in [0.2, 0.25) is 0 Å². The van der Waals surface area contributed by atoms with Gasteiger partial charge in [-0.3, -0.25) is 0 Å². The molecule has 0 aromatic heterocycles. The van der Waals surface area contributed by atoms with E-state index in [1.54, 1.807) is 0 Å². The van der Waals surface area contributed by atoms with Crippen molar-refractivity contribution in [2.75, 3.05) is 0 Å². The summed E-state index contributed by atoms with van der Waals surface area (Å²) in [4.78, 5) is 8.89. The first-order valence-electron chi connectivity index (χ1n) is 0.908. The normalized spacial score (nSPS) is 3.57. The van der Waals surface area contributed by atoms with Crippen molar-refractivity contribution >= 4 is 5.97 Å². The molecule has 0 heterocycles. The number of rotatable bonds is 0. The maximum absolute atomic E-state index is 8.89. The van der Waals surface area contributed by atoms with Crippen molar-refractivity contribution in [3.05, 3.63) is 0 Å². The summed E-state index contributed by atoms with van der Waals surface area (Å²) in [6.07, 6.45) is 0. The molecule has 0 saturated carbocycles. The SMILES string of the molecule is CC(=O)[O-].[Br-].[Na+].[Na+]. The van der Waals surface area contributed by atoms with Gasteiger partial charge in [-0.05, 0) is 6.92 Å². The van der Waals surface area contributed by atoms with Crippen LogP contribution in [0.15, 0.2) is 0 Å². The summed E-state index contributed by atoms with van der Waals surface area (Å²) in [6.45, 7) is 0.972. The van der Waals surface area contributed by atoms with E-state index in [9.17, 15) is 0 Å². The number of hydrogen-bond acceptors (Lipinski definition) is 2. The number of carbonyl (C=O) groups is 1. The fourth-order valence-electron chi connectivity index (χ4n) is 0. The molecule has 0 fully saturated rings. The summed E-state index contributed by atoms with van der Waals surface area (Å²) in [5.74, 6) is -1.08. The predicted octanol–water partition coefficient (Wildman–Crippen LogP) is -10.2. The first-order chi connectivity index (χ1) is 1.73. The van der Waals surface area contributed by atoms with Crippen LogP contribution < -0.4 is 81.2 Å². The summed E-state index contributed by atoms with van der Waals surface area (Å²) < 4.78 is 0. The molecule has 2 nitrogen and oxygen atoms in total. The van der Waals surface area contributed by atoms with Crippen LogP contribution in [0.25, 0.3) is 0 Å². The summed E-state index contributed by atoms with van der Waals surface area (Å²) in [7, 11) is 0. The number of hydrogen-bond donors (Lipinski definition) is 0. The van der Waals surface area contributed by atoms with Crippen LogP contribution in [0.3, 0.4) is 0 Å². The molecule has 0 N–H and O–H groups in total. The van der Waals surface area contributed by atoms with Crippen LogP contribution in [0.5, 0.6) is 0 Å². The van der Waals surface area contributed by atoms with Gasteiger partial charge >= 0.3 is 59.1 Å². The molecule has 0 aromatic carbocycles. The van der Waals surface area contributed by atoms with Gasteiger partial charge in [0.15, 0.2) is 0 Å². The molecule has 0 bridgehead atoms. The first kappa shape index (κ1) is 23.1. The van der Waals surface area contributed by atoms with E-state index in [4.69, 9.17) is 9.90 Å². The fourth-order valence-corrected chi connectivity index (χ4v) is 0. The van der Waals surface area contributed by atoms with Crippen molar-refractivity contribution in [2.45, 2.75) is 6.92 Å². The zero-order valence-electron chi connectivity index (χ0n) is 4.69. The smallest absolute Gasteiger partial charge is 1.00 e. The van der Waals surface area contributed by atoms with E-state index in [1.807, 2.05) is 0 Å². The van der Waals surface area contributed by atoms with E-state index in [2.05, 4.69) is 0 Å². The molecule has 0 saturated heterocycles. The Morgan fingerprint density at radius 1 is 1.43 bits per heavy atom. The first-order valence-corrected chi connectivity index (χ1v) is 0.908. The molecule has 0 spiro atoms. The quantitative estimate of drug-likeness (QED) is 0.351. The van der Waals surface area contributed by atoms with E-state index in [1.165, 1.54) is 0 Å². The molecular formula is C2H3BrNa2O2. The second-order valence-corrected chi connectivity index (χ2v) is 0.492. The van der Waals surface area contributed by atoms with Crippen LogP contribution in [0.1, 0.15) is 6.92 Å². The van der Waals surface area contributed by atoms with Gasteiger partial charge in [0.05, 0.1) is 0 Å². The maximum atomic E-state index is 8.89. The minimum atomic E-state index is -1.08. The van der Waals surface area contributed by atoms with Crippen LogP contribution in [-0.4, -0.2) is 5.97 Å². The summed E-state index contributed by atoms with van der Waals surface area (Å²) >= 11 is 0. The molecule has 0 aromatic rings. The molecule has 0 unspecified atom stereocenters. The van der Waals surface area contributed by atoms with Gasteiger partial charge < -0.3 is 26.9 Å². The van der Waals surface area contributed by atoms with Crippen molar-refractivity contribution < 1.29 is 86.0 Å². The molecule has 0 atom stereocenters. The zero-order valence-corrected chi connectivity index (χ0v) is 10.3. The van der Waals surface area contributed by atoms with Crippen molar-refractivity contribution in [1.29, 1.82) is 0 Å². The van der Waals surface area contributed by atoms with Crippen molar-refractivity contribution in [3.8, 4) is 0 Å². The molecule has 0 radical (unpaired) electrons. The fraction of sp³-hybridized carbons (Fsp3) is 0.500. The van der Waals surface area contributed by atoms with Gasteiger partial charge in [0.25, 0.3) is 0 Å². The van der Waals surface area contributed by atoms with Gasteiger partial charge in [-0.1, -0.05) is 0 Å². The number of halogens is 1. The van der Waals surface area contributed by atoms with Gasteiger partial charge in [-0.15, -0.1) is 0 Å². The minimum absolute atomic E-state index is 0. The second-order valence-electron chi connectivity index (χ2n) is 0.492. The third-order valence-electron chi connectivity index (χ3n) is 0. The van der Waals surface area contributed by atoms with Crippen LogP contribution in [0, 0.1) is 0 Å². The van der Waals surface area contributed by atoms with Crippen LogP contribution >= 0.6 is 0 Å². The van der Waals surface area contributed by atoms with Gasteiger partial charge in [-0.2, -0.15) is 0 Å². The zero-order chi connectivity index (χ0) is 3.58. The number of carbonyl (C=O) groups excluding carboxylic acids is 1. The second kappa shape index (κ2) is 15.7. The average molecular weight is 185 g/mol. The Bertz CT molecular complexity index is 36.7. The Hall–Kier alpha value is 1.95. The Morgan fingerprint density at radius 3 is 1.43 bits per heavy atom. The predicted molar refractivity (Wildman–Crippen MR) is 10.7 cm³/mol. The van der Waals surface area contributed by atoms with Crippen LogP contribution in [0.4, 0.5) is 0 Å². The number of aliphatic carboxylic acids is 1. The number of carboxylic acid groups (broad SMARTS) is 1. The van der Waals surface area contributed by atoms with Crippen molar-refractivity contribution in [3.63, 3.8) is 0 Å². The standard InChI is InChI=1S/C2H4O2.BrH.2Na/c1-2(3)4;;;/h1H3,(H,3,4);1H;;/q;;2*+1/p-2.